The van der Waals surface area contributed by atoms with Crippen LogP contribution in [0, 0.1) is 6.92 Å². The van der Waals surface area contributed by atoms with E-state index in [2.05, 4.69) is 20.7 Å². The van der Waals surface area contributed by atoms with Crippen LogP contribution >= 0.6 is 27.9 Å². The zero-order valence-corrected chi connectivity index (χ0v) is 11.2. The van der Waals surface area contributed by atoms with Gasteiger partial charge in [-0.3, -0.25) is 4.72 Å². The second-order valence-electron chi connectivity index (χ2n) is 3.20. The Morgan fingerprint density at radius 1 is 1.38 bits per heavy atom. The van der Waals surface area contributed by atoms with Crippen LogP contribution in [-0.2, 0) is 11.5 Å². The monoisotopic (exact) mass is 313 g/mol. The van der Waals surface area contributed by atoms with Crippen molar-refractivity contribution in [3.63, 3.8) is 0 Å². The fourth-order valence-corrected chi connectivity index (χ4v) is 2.35. The Morgan fingerprint density at radius 2 is 2.00 bits per heavy atom. The molecule has 0 saturated carbocycles. The molecule has 1 N–H and O–H groups in total. The van der Waals surface area contributed by atoms with E-state index in [1.807, 2.05) is 0 Å². The molecule has 0 aliphatic carbocycles. The predicted molar refractivity (Wildman–Crippen MR) is 63.7 cm³/mol. The van der Waals surface area contributed by atoms with Gasteiger partial charge in [0, 0.05) is 10.2 Å². The minimum atomic E-state index is -4.30. The lowest BCUT2D eigenvalue weighted by molar-refractivity contribution is -0.138. The molecule has 16 heavy (non-hydrogen) atoms. The average molecular weight is 314 g/mol. The van der Waals surface area contributed by atoms with Crippen LogP contribution in [0.5, 0.6) is 0 Å². The molecule has 0 amide bonds. The summed E-state index contributed by atoms with van der Waals surface area (Å²) in [7, 11) is 1.68. The highest BCUT2D eigenvalue weighted by atomic mass is 79.9. The highest BCUT2D eigenvalue weighted by molar-refractivity contribution is 9.08. The molecule has 0 bridgehead atoms. The van der Waals surface area contributed by atoms with Crippen LogP contribution in [0.4, 0.5) is 13.2 Å². The van der Waals surface area contributed by atoms with Crippen LogP contribution in [0.1, 0.15) is 16.7 Å². The average Bonchev–Trinajstić information content (AvgIpc) is 2.19. The molecule has 1 aromatic rings. The van der Waals surface area contributed by atoms with E-state index < -0.39 is 11.7 Å². The lowest BCUT2D eigenvalue weighted by Crippen LogP contribution is -2.09. The normalized spacial score (nSPS) is 11.9. The molecule has 1 nitrogen and oxygen atoms in total. The van der Waals surface area contributed by atoms with E-state index in [9.17, 15) is 13.2 Å². The maximum atomic E-state index is 12.7. The minimum absolute atomic E-state index is 0.261. The van der Waals surface area contributed by atoms with Crippen LogP contribution in [0.15, 0.2) is 17.0 Å². The Labute approximate surface area is 105 Å². The summed E-state index contributed by atoms with van der Waals surface area (Å²) in [6.07, 6.45) is -4.30. The van der Waals surface area contributed by atoms with Crippen molar-refractivity contribution in [2.24, 2.45) is 0 Å². The molecule has 90 valence electrons. The summed E-state index contributed by atoms with van der Waals surface area (Å²) in [6.45, 7) is 1.49. The van der Waals surface area contributed by atoms with Crippen molar-refractivity contribution >= 4 is 27.9 Å². The van der Waals surface area contributed by atoms with Crippen molar-refractivity contribution < 1.29 is 13.2 Å². The molecule has 0 spiro atoms. The third-order valence-corrected chi connectivity index (χ3v) is 3.59. The highest BCUT2D eigenvalue weighted by Gasteiger charge is 2.33. The van der Waals surface area contributed by atoms with Gasteiger partial charge in [-0.05, 0) is 49.2 Å². The van der Waals surface area contributed by atoms with Crippen LogP contribution in [0.25, 0.3) is 0 Å². The zero-order chi connectivity index (χ0) is 12.3. The smallest absolute Gasteiger partial charge is 0.263 e. The predicted octanol–water partition coefficient (Wildman–Crippen LogP) is 4.14. The number of alkyl halides is 4. The lowest BCUT2D eigenvalue weighted by Gasteiger charge is -2.15. The largest absolute Gasteiger partial charge is 0.416 e. The summed E-state index contributed by atoms with van der Waals surface area (Å²) in [5.41, 5.74) is 0.314. The molecule has 0 saturated heterocycles. The van der Waals surface area contributed by atoms with Gasteiger partial charge in [0.25, 0.3) is 0 Å². The van der Waals surface area contributed by atoms with Gasteiger partial charge in [0.05, 0.1) is 5.56 Å². The summed E-state index contributed by atoms with van der Waals surface area (Å²) in [4.78, 5) is 0.603. The van der Waals surface area contributed by atoms with Gasteiger partial charge in [0.1, 0.15) is 0 Å². The molecular weight excluding hydrogens is 303 g/mol. The Bertz CT molecular complexity index is 379. The number of benzene rings is 1. The summed E-state index contributed by atoms with van der Waals surface area (Å²) < 4.78 is 41.0. The molecule has 0 heterocycles. The second kappa shape index (κ2) is 5.42. The number of halogens is 4. The third-order valence-electron chi connectivity index (χ3n) is 2.09. The molecule has 1 rings (SSSR count). The van der Waals surface area contributed by atoms with Gasteiger partial charge in [-0.25, -0.2) is 0 Å². The van der Waals surface area contributed by atoms with Crippen LogP contribution < -0.4 is 4.72 Å². The van der Waals surface area contributed by atoms with Gasteiger partial charge >= 0.3 is 6.18 Å². The minimum Gasteiger partial charge on any atom is -0.263 e. The lowest BCUT2D eigenvalue weighted by atomic mass is 10.1. The van der Waals surface area contributed by atoms with Crippen molar-refractivity contribution in [1.29, 1.82) is 0 Å². The Morgan fingerprint density at radius 3 is 2.44 bits per heavy atom. The van der Waals surface area contributed by atoms with E-state index in [0.29, 0.717) is 15.8 Å². The summed E-state index contributed by atoms with van der Waals surface area (Å²) in [6, 6.07) is 2.93. The van der Waals surface area contributed by atoms with Gasteiger partial charge < -0.3 is 0 Å². The second-order valence-corrected chi connectivity index (χ2v) is 4.82. The Balaban J connectivity index is 3.31. The molecule has 0 fully saturated rings. The summed E-state index contributed by atoms with van der Waals surface area (Å²) in [5, 5.41) is 0.410. The molecular formula is C10H11BrF3NS. The topological polar surface area (TPSA) is 12.0 Å². The van der Waals surface area contributed by atoms with Gasteiger partial charge in [-0.15, -0.1) is 0 Å². The quantitative estimate of drug-likeness (QED) is 0.665. The first kappa shape index (κ1) is 13.9. The van der Waals surface area contributed by atoms with Crippen LogP contribution in [0.3, 0.4) is 0 Å². The van der Waals surface area contributed by atoms with Crippen LogP contribution in [0.2, 0.25) is 0 Å². The van der Waals surface area contributed by atoms with Crippen molar-refractivity contribution in [3.8, 4) is 0 Å². The van der Waals surface area contributed by atoms with E-state index in [1.165, 1.54) is 24.9 Å². The molecule has 0 radical (unpaired) electrons. The first-order valence-corrected chi connectivity index (χ1v) is 6.44. The van der Waals surface area contributed by atoms with Gasteiger partial charge in [0.15, 0.2) is 0 Å². The number of hydrogen-bond donors (Lipinski definition) is 1. The van der Waals surface area contributed by atoms with E-state index >= 15 is 0 Å². The molecule has 0 atom stereocenters. The van der Waals surface area contributed by atoms with Crippen molar-refractivity contribution in [2.45, 2.75) is 23.3 Å². The molecule has 0 aliphatic heterocycles. The summed E-state index contributed by atoms with van der Waals surface area (Å²) in [5.74, 6) is 0. The highest BCUT2D eigenvalue weighted by Crippen LogP contribution is 2.36. The number of nitrogens with one attached hydrogen (secondary N) is 1. The van der Waals surface area contributed by atoms with Gasteiger partial charge in [-0.1, -0.05) is 15.9 Å². The molecule has 0 aliphatic rings. The SMILES string of the molecule is CNSc1cc(CBr)cc(C(F)(F)F)c1C. The Kier molecular flexibility index (Phi) is 4.70. The number of hydrogen-bond acceptors (Lipinski definition) is 2. The van der Waals surface area contributed by atoms with E-state index in [4.69, 9.17) is 0 Å². The van der Waals surface area contributed by atoms with Crippen LogP contribution in [-0.4, -0.2) is 7.05 Å². The Hall–Kier alpha value is -0.200. The molecule has 0 aromatic heterocycles. The van der Waals surface area contributed by atoms with Crippen molar-refractivity contribution in [1.82, 2.24) is 4.72 Å². The van der Waals surface area contributed by atoms with Gasteiger partial charge in [-0.2, -0.15) is 13.2 Å². The van der Waals surface area contributed by atoms with E-state index in [1.54, 1.807) is 13.1 Å². The maximum Gasteiger partial charge on any atom is 0.416 e. The first-order valence-electron chi connectivity index (χ1n) is 4.50. The molecule has 0 unspecified atom stereocenters. The fourth-order valence-electron chi connectivity index (χ4n) is 1.33. The third kappa shape index (κ3) is 3.15. The molecule has 1 aromatic carbocycles. The standard InChI is InChI=1S/C10H11BrF3NS/c1-6-8(10(12,13)14)3-7(5-11)4-9(6)16-15-2/h3-4,15H,5H2,1-2H3. The first-order chi connectivity index (χ1) is 7.40. The maximum absolute atomic E-state index is 12.7. The van der Waals surface area contributed by atoms with Gasteiger partial charge in [0.2, 0.25) is 0 Å². The molecule has 6 heteroatoms. The van der Waals surface area contributed by atoms with Crippen molar-refractivity contribution in [2.75, 3.05) is 7.05 Å². The van der Waals surface area contributed by atoms with E-state index in [0.717, 1.165) is 0 Å². The van der Waals surface area contributed by atoms with E-state index in [-0.39, 0.29) is 5.56 Å². The fraction of sp³-hybridized carbons (Fsp3) is 0.400. The number of rotatable bonds is 3. The van der Waals surface area contributed by atoms with Crippen molar-refractivity contribution in [3.05, 3.63) is 28.8 Å². The zero-order valence-electron chi connectivity index (χ0n) is 8.78. The summed E-state index contributed by atoms with van der Waals surface area (Å²) >= 11 is 4.36.